The number of hydrogen-bond donors (Lipinski definition) is 2. The lowest BCUT2D eigenvalue weighted by Crippen LogP contribution is -2.23. The highest BCUT2D eigenvalue weighted by atomic mass is 35.5. The van der Waals surface area contributed by atoms with Crippen LogP contribution in [0.1, 0.15) is 25.7 Å². The lowest BCUT2D eigenvalue weighted by molar-refractivity contribution is -0.116. The topological polar surface area (TPSA) is 67.2 Å². The highest BCUT2D eigenvalue weighted by Gasteiger charge is 2.15. The van der Waals surface area contributed by atoms with Gasteiger partial charge in [-0.25, -0.2) is 4.98 Å². The van der Waals surface area contributed by atoms with Crippen molar-refractivity contribution >= 4 is 24.0 Å². The van der Waals surface area contributed by atoms with Gasteiger partial charge < -0.3 is 15.1 Å². The molecule has 1 fully saturated rings. The molecule has 22 heavy (non-hydrogen) atoms. The van der Waals surface area contributed by atoms with Crippen LogP contribution in [-0.2, 0) is 4.79 Å². The molecule has 2 aromatic rings. The number of aromatic nitrogens is 1. The van der Waals surface area contributed by atoms with Crippen LogP contribution in [0.2, 0.25) is 0 Å². The van der Waals surface area contributed by atoms with Crippen molar-refractivity contribution in [3.63, 3.8) is 0 Å². The first kappa shape index (κ1) is 16.5. The SMILES string of the molecule is Cl.O=C(CCC1CCCN1)Nc1cccc(-c2cnco2)c1. The summed E-state index contributed by atoms with van der Waals surface area (Å²) >= 11 is 0. The summed E-state index contributed by atoms with van der Waals surface area (Å²) in [6, 6.07) is 8.10. The maximum Gasteiger partial charge on any atom is 0.224 e. The fourth-order valence-electron chi connectivity index (χ4n) is 2.64. The molecule has 1 aliphatic rings. The quantitative estimate of drug-likeness (QED) is 0.887. The molecule has 1 unspecified atom stereocenters. The zero-order valence-electron chi connectivity index (χ0n) is 12.2. The number of oxazole rings is 1. The van der Waals surface area contributed by atoms with Crippen LogP contribution < -0.4 is 10.6 Å². The van der Waals surface area contributed by atoms with E-state index in [-0.39, 0.29) is 18.3 Å². The summed E-state index contributed by atoms with van der Waals surface area (Å²) in [6.45, 7) is 1.07. The number of anilines is 1. The van der Waals surface area contributed by atoms with Crippen molar-refractivity contribution in [3.05, 3.63) is 36.9 Å². The van der Waals surface area contributed by atoms with Crippen LogP contribution in [0.5, 0.6) is 0 Å². The lowest BCUT2D eigenvalue weighted by atomic mass is 10.1. The average Bonchev–Trinajstić information content (AvgIpc) is 3.19. The van der Waals surface area contributed by atoms with Crippen molar-refractivity contribution in [3.8, 4) is 11.3 Å². The summed E-state index contributed by atoms with van der Waals surface area (Å²) in [4.78, 5) is 15.9. The first-order valence-electron chi connectivity index (χ1n) is 7.33. The normalized spacial score (nSPS) is 17.0. The summed E-state index contributed by atoms with van der Waals surface area (Å²) < 4.78 is 5.26. The van der Waals surface area contributed by atoms with E-state index in [9.17, 15) is 4.79 Å². The van der Waals surface area contributed by atoms with Crippen molar-refractivity contribution < 1.29 is 9.21 Å². The van der Waals surface area contributed by atoms with E-state index in [4.69, 9.17) is 4.42 Å². The molecule has 118 valence electrons. The number of nitrogens with zero attached hydrogens (tertiary/aromatic N) is 1. The van der Waals surface area contributed by atoms with Crippen molar-refractivity contribution in [2.45, 2.75) is 31.7 Å². The molecule has 1 amide bonds. The van der Waals surface area contributed by atoms with E-state index in [1.165, 1.54) is 19.2 Å². The summed E-state index contributed by atoms with van der Waals surface area (Å²) in [5, 5.41) is 6.34. The van der Waals surface area contributed by atoms with Gasteiger partial charge in [0.1, 0.15) is 0 Å². The van der Waals surface area contributed by atoms with E-state index < -0.39 is 0 Å². The monoisotopic (exact) mass is 321 g/mol. The molecule has 2 N–H and O–H groups in total. The van der Waals surface area contributed by atoms with Crippen molar-refractivity contribution in [2.75, 3.05) is 11.9 Å². The van der Waals surface area contributed by atoms with Crippen molar-refractivity contribution in [2.24, 2.45) is 0 Å². The van der Waals surface area contributed by atoms with Gasteiger partial charge in [-0.05, 0) is 37.9 Å². The van der Waals surface area contributed by atoms with E-state index in [0.29, 0.717) is 18.2 Å². The molecule has 0 bridgehead atoms. The first-order chi connectivity index (χ1) is 10.3. The summed E-state index contributed by atoms with van der Waals surface area (Å²) in [5.41, 5.74) is 1.69. The van der Waals surface area contributed by atoms with Gasteiger partial charge in [0, 0.05) is 23.7 Å². The molecule has 1 atom stereocenters. The Kier molecular flexibility index (Phi) is 5.98. The van der Waals surface area contributed by atoms with Crippen LogP contribution in [0, 0.1) is 0 Å². The second kappa shape index (κ2) is 7.96. The smallest absolute Gasteiger partial charge is 0.224 e. The van der Waals surface area contributed by atoms with E-state index in [1.807, 2.05) is 24.3 Å². The molecule has 1 saturated heterocycles. The second-order valence-corrected chi connectivity index (χ2v) is 5.33. The Balaban J connectivity index is 0.00000176. The molecule has 2 heterocycles. The third-order valence-corrected chi connectivity index (χ3v) is 3.75. The predicted octanol–water partition coefficient (Wildman–Crippen LogP) is 3.23. The Morgan fingerprint density at radius 2 is 2.36 bits per heavy atom. The second-order valence-electron chi connectivity index (χ2n) is 5.33. The number of benzene rings is 1. The third-order valence-electron chi connectivity index (χ3n) is 3.75. The zero-order valence-corrected chi connectivity index (χ0v) is 13.1. The number of rotatable bonds is 5. The molecule has 6 heteroatoms. The number of nitrogens with one attached hydrogen (secondary N) is 2. The van der Waals surface area contributed by atoms with Crippen LogP contribution >= 0.6 is 12.4 Å². The molecule has 3 rings (SSSR count). The van der Waals surface area contributed by atoms with Gasteiger partial charge in [-0.3, -0.25) is 4.79 Å². The van der Waals surface area contributed by atoms with Crippen LogP contribution in [-0.4, -0.2) is 23.5 Å². The van der Waals surface area contributed by atoms with Gasteiger partial charge >= 0.3 is 0 Å². The molecule has 0 radical (unpaired) electrons. The Morgan fingerprint density at radius 3 is 3.09 bits per heavy atom. The number of halogens is 1. The molecular formula is C16H20ClN3O2. The molecule has 0 aliphatic carbocycles. The standard InChI is InChI=1S/C16H19N3O2.ClH/c20-16(7-6-13-5-2-8-18-13)19-14-4-1-3-12(9-14)15-10-17-11-21-15;/h1,3-4,9-11,13,18H,2,5-8H2,(H,19,20);1H. The summed E-state index contributed by atoms with van der Waals surface area (Å²) in [7, 11) is 0. The average molecular weight is 322 g/mol. The van der Waals surface area contributed by atoms with Gasteiger partial charge in [0.2, 0.25) is 5.91 Å². The largest absolute Gasteiger partial charge is 0.444 e. The Hall–Kier alpha value is -1.85. The van der Waals surface area contributed by atoms with E-state index in [2.05, 4.69) is 15.6 Å². The number of carbonyl (C=O) groups is 1. The van der Waals surface area contributed by atoms with Crippen LogP contribution in [0.4, 0.5) is 5.69 Å². The molecular weight excluding hydrogens is 302 g/mol. The third kappa shape index (κ3) is 4.32. The Morgan fingerprint density at radius 1 is 1.45 bits per heavy atom. The highest BCUT2D eigenvalue weighted by Crippen LogP contribution is 2.22. The predicted molar refractivity (Wildman–Crippen MR) is 88.1 cm³/mol. The molecule has 1 aromatic heterocycles. The minimum absolute atomic E-state index is 0. The number of amides is 1. The number of carbonyl (C=O) groups excluding carboxylic acids is 1. The fraction of sp³-hybridized carbons (Fsp3) is 0.375. The molecule has 5 nitrogen and oxygen atoms in total. The molecule has 1 aromatic carbocycles. The van der Waals surface area contributed by atoms with Crippen molar-refractivity contribution in [1.29, 1.82) is 0 Å². The van der Waals surface area contributed by atoms with Gasteiger partial charge in [-0.1, -0.05) is 12.1 Å². The number of hydrogen-bond acceptors (Lipinski definition) is 4. The maximum absolute atomic E-state index is 12.0. The van der Waals surface area contributed by atoms with E-state index >= 15 is 0 Å². The van der Waals surface area contributed by atoms with Gasteiger partial charge in [-0.15, -0.1) is 12.4 Å². The van der Waals surface area contributed by atoms with Gasteiger partial charge in [-0.2, -0.15) is 0 Å². The highest BCUT2D eigenvalue weighted by molar-refractivity contribution is 5.91. The Labute approximate surface area is 135 Å². The maximum atomic E-state index is 12.0. The van der Waals surface area contributed by atoms with Crippen molar-refractivity contribution in [1.82, 2.24) is 10.3 Å². The Bertz CT molecular complexity index is 595. The van der Waals surface area contributed by atoms with Gasteiger partial charge in [0.25, 0.3) is 0 Å². The lowest BCUT2D eigenvalue weighted by Gasteiger charge is -2.10. The van der Waals surface area contributed by atoms with Gasteiger partial charge in [0.15, 0.2) is 12.2 Å². The molecule has 0 saturated carbocycles. The summed E-state index contributed by atoms with van der Waals surface area (Å²) in [5.74, 6) is 0.750. The minimum Gasteiger partial charge on any atom is -0.444 e. The fourth-order valence-corrected chi connectivity index (χ4v) is 2.64. The summed E-state index contributed by atoms with van der Waals surface area (Å²) in [6.07, 6.45) is 6.89. The van der Waals surface area contributed by atoms with Crippen LogP contribution in [0.25, 0.3) is 11.3 Å². The molecule has 0 spiro atoms. The zero-order chi connectivity index (χ0) is 14.5. The van der Waals surface area contributed by atoms with E-state index in [1.54, 1.807) is 6.20 Å². The van der Waals surface area contributed by atoms with Crippen LogP contribution in [0.3, 0.4) is 0 Å². The molecule has 1 aliphatic heterocycles. The van der Waals surface area contributed by atoms with Crippen LogP contribution in [0.15, 0.2) is 41.3 Å². The first-order valence-corrected chi connectivity index (χ1v) is 7.33. The van der Waals surface area contributed by atoms with E-state index in [0.717, 1.165) is 24.2 Å². The minimum atomic E-state index is 0. The van der Waals surface area contributed by atoms with Gasteiger partial charge in [0.05, 0.1) is 6.20 Å².